The first-order valence-corrected chi connectivity index (χ1v) is 11.5. The zero-order valence-corrected chi connectivity index (χ0v) is 18.4. The van der Waals surface area contributed by atoms with E-state index in [9.17, 15) is 36.6 Å². The monoisotopic (exact) mass is 496 g/mol. The lowest BCUT2D eigenvalue weighted by Crippen LogP contribution is -2.22. The third kappa shape index (κ3) is 6.78. The highest BCUT2D eigenvalue weighted by Gasteiger charge is 2.31. The quantitative estimate of drug-likeness (QED) is 0.473. The third-order valence-corrected chi connectivity index (χ3v) is 5.10. The molecular weight excluding hydrogens is 477 g/mol. The molecule has 0 unspecified atom stereocenters. The molecule has 0 radical (unpaired) electrons. The van der Waals surface area contributed by atoms with Crippen molar-refractivity contribution in [3.63, 3.8) is 0 Å². The predicted octanol–water partition coefficient (Wildman–Crippen LogP) is 4.28. The van der Waals surface area contributed by atoms with Crippen LogP contribution in [0.1, 0.15) is 6.42 Å². The first-order valence-electron chi connectivity index (χ1n) is 9.59. The molecule has 8 nitrogen and oxygen atoms in total. The number of allylic oxidation sites excluding steroid dienone is 1. The number of aliphatic hydroxyl groups excluding tert-OH is 2. The Morgan fingerprint density at radius 3 is 2.09 bits per heavy atom. The van der Waals surface area contributed by atoms with Crippen LogP contribution in [0.2, 0.25) is 0 Å². The van der Waals surface area contributed by atoms with E-state index >= 15 is 0 Å². The van der Waals surface area contributed by atoms with E-state index in [-0.39, 0.29) is 23.4 Å². The van der Waals surface area contributed by atoms with E-state index in [1.807, 2.05) is 0 Å². The van der Waals surface area contributed by atoms with Crippen LogP contribution in [-0.4, -0.2) is 37.2 Å². The predicted molar refractivity (Wildman–Crippen MR) is 118 cm³/mol. The Hall–Kier alpha value is -3.93. The Balaban J connectivity index is 1.69. The maximum absolute atomic E-state index is 12.6. The molecule has 1 aliphatic rings. The summed E-state index contributed by atoms with van der Waals surface area (Å²) in [4.78, 5) is 12.6. The van der Waals surface area contributed by atoms with Gasteiger partial charge in [-0.3, -0.25) is 9.52 Å². The smallest absolute Gasteiger partial charge is 0.504 e. The SMILES string of the molecule is CS(=O)(=O)NC1=C(O)C(O)=CC(C(=O)Nc2ccc(-c3ccc(OC(F)(F)F)cc3)cc2)=CC1. The zero-order chi connectivity index (χ0) is 25.1. The molecule has 0 aliphatic heterocycles. The average molecular weight is 496 g/mol. The van der Waals surface area contributed by atoms with Crippen LogP contribution >= 0.6 is 0 Å². The van der Waals surface area contributed by atoms with E-state index in [2.05, 4.69) is 14.8 Å². The number of alkyl halides is 3. The minimum Gasteiger partial charge on any atom is -0.504 e. The summed E-state index contributed by atoms with van der Waals surface area (Å²) in [6.45, 7) is 0. The van der Waals surface area contributed by atoms with E-state index in [0.29, 0.717) is 16.8 Å². The number of sulfonamides is 1. The lowest BCUT2D eigenvalue weighted by Gasteiger charge is -2.10. The van der Waals surface area contributed by atoms with Gasteiger partial charge in [0.1, 0.15) is 5.75 Å². The van der Waals surface area contributed by atoms with E-state index < -0.39 is 33.8 Å². The number of halogens is 3. The van der Waals surface area contributed by atoms with Gasteiger partial charge in [-0.15, -0.1) is 13.2 Å². The number of anilines is 1. The van der Waals surface area contributed by atoms with Gasteiger partial charge in [0.25, 0.3) is 5.91 Å². The number of hydrogen-bond acceptors (Lipinski definition) is 6. The zero-order valence-electron chi connectivity index (χ0n) is 17.6. The van der Waals surface area contributed by atoms with Gasteiger partial charge in [0.05, 0.1) is 12.0 Å². The molecular formula is C22H19F3N2O6S. The van der Waals surface area contributed by atoms with Crippen LogP contribution in [0, 0.1) is 0 Å². The second kappa shape index (κ2) is 9.51. The Morgan fingerprint density at radius 2 is 1.56 bits per heavy atom. The minimum atomic E-state index is -4.78. The molecule has 0 saturated heterocycles. The Labute approximate surface area is 192 Å². The fraction of sp³-hybridized carbons (Fsp3) is 0.136. The number of hydrogen-bond donors (Lipinski definition) is 4. The lowest BCUT2D eigenvalue weighted by atomic mass is 10.1. The normalized spacial score (nSPS) is 14.6. The molecule has 1 aliphatic carbocycles. The topological polar surface area (TPSA) is 125 Å². The molecule has 2 aromatic rings. The maximum Gasteiger partial charge on any atom is 0.573 e. The lowest BCUT2D eigenvalue weighted by molar-refractivity contribution is -0.274. The van der Waals surface area contributed by atoms with Gasteiger partial charge in [-0.1, -0.05) is 30.3 Å². The third-order valence-electron chi connectivity index (χ3n) is 4.48. The van der Waals surface area contributed by atoms with Crippen molar-refractivity contribution in [1.29, 1.82) is 0 Å². The van der Waals surface area contributed by atoms with Crippen LogP contribution in [0.15, 0.2) is 83.5 Å². The number of benzene rings is 2. The Kier molecular flexibility index (Phi) is 6.91. The number of carbonyl (C=O) groups excluding carboxylic acids is 1. The molecule has 0 spiro atoms. The standard InChI is InChI=1S/C22H19F3N2O6S/c1-34(31,32)27-18-11-6-15(12-19(28)20(18)29)21(30)26-16-7-2-13(3-8-16)14-4-9-17(10-5-14)33-22(23,24)25/h2-10,12,27-29H,11H2,1H3,(H,26,30). The van der Waals surface area contributed by atoms with Gasteiger partial charge in [0.15, 0.2) is 11.5 Å². The molecule has 0 bridgehead atoms. The molecule has 0 saturated carbocycles. The van der Waals surface area contributed by atoms with Crippen molar-refractivity contribution in [2.75, 3.05) is 11.6 Å². The van der Waals surface area contributed by atoms with Gasteiger partial charge in [0, 0.05) is 17.7 Å². The van der Waals surface area contributed by atoms with Crippen molar-refractivity contribution in [3.05, 3.63) is 83.5 Å². The highest BCUT2D eigenvalue weighted by atomic mass is 32.2. The summed E-state index contributed by atoms with van der Waals surface area (Å²) in [5, 5.41) is 22.6. The molecule has 2 aromatic carbocycles. The first kappa shape index (κ1) is 24.7. The van der Waals surface area contributed by atoms with Gasteiger partial charge in [-0.05, 0) is 41.5 Å². The molecule has 34 heavy (non-hydrogen) atoms. The van der Waals surface area contributed by atoms with Crippen molar-refractivity contribution in [3.8, 4) is 16.9 Å². The van der Waals surface area contributed by atoms with Gasteiger partial charge in [0.2, 0.25) is 10.0 Å². The number of ether oxygens (including phenoxy) is 1. The molecule has 12 heteroatoms. The van der Waals surface area contributed by atoms with Crippen LogP contribution < -0.4 is 14.8 Å². The fourth-order valence-corrected chi connectivity index (χ4v) is 3.64. The van der Waals surface area contributed by atoms with Crippen LogP contribution in [0.3, 0.4) is 0 Å². The number of carbonyl (C=O) groups is 1. The number of amides is 1. The second-order valence-corrected chi connectivity index (χ2v) is 8.95. The van der Waals surface area contributed by atoms with E-state index in [4.69, 9.17) is 0 Å². The van der Waals surface area contributed by atoms with E-state index in [1.54, 1.807) is 24.3 Å². The summed E-state index contributed by atoms with van der Waals surface area (Å²) >= 11 is 0. The van der Waals surface area contributed by atoms with E-state index in [1.165, 1.54) is 30.3 Å². The van der Waals surface area contributed by atoms with Gasteiger partial charge in [-0.2, -0.15) is 0 Å². The van der Waals surface area contributed by atoms with Crippen molar-refractivity contribution in [2.45, 2.75) is 12.8 Å². The van der Waals surface area contributed by atoms with Crippen LogP contribution in [0.25, 0.3) is 11.1 Å². The number of aliphatic hydroxyl groups is 2. The summed E-state index contributed by atoms with van der Waals surface area (Å²) in [6.07, 6.45) is -1.72. The fourth-order valence-electron chi connectivity index (χ4n) is 3.01. The number of rotatable bonds is 6. The molecule has 0 atom stereocenters. The summed E-state index contributed by atoms with van der Waals surface area (Å²) in [5.41, 5.74) is 1.48. The van der Waals surface area contributed by atoms with Crippen molar-refractivity contribution >= 4 is 21.6 Å². The van der Waals surface area contributed by atoms with Crippen LogP contribution in [-0.2, 0) is 14.8 Å². The minimum absolute atomic E-state index is 0.0151. The van der Waals surface area contributed by atoms with Crippen molar-refractivity contribution < 1.29 is 41.3 Å². The molecule has 0 fully saturated rings. The second-order valence-electron chi connectivity index (χ2n) is 7.20. The number of nitrogens with one attached hydrogen (secondary N) is 2. The first-order chi connectivity index (χ1) is 15.8. The molecule has 0 aromatic heterocycles. The molecule has 3 rings (SSSR count). The maximum atomic E-state index is 12.6. The summed E-state index contributed by atoms with van der Waals surface area (Å²) in [5.74, 6) is -2.34. The molecule has 0 heterocycles. The highest BCUT2D eigenvalue weighted by Crippen LogP contribution is 2.27. The summed E-state index contributed by atoms with van der Waals surface area (Å²) < 4.78 is 65.6. The Morgan fingerprint density at radius 1 is 1.00 bits per heavy atom. The van der Waals surface area contributed by atoms with E-state index in [0.717, 1.165) is 12.3 Å². The Bertz CT molecular complexity index is 1280. The molecule has 1 amide bonds. The summed E-state index contributed by atoms with van der Waals surface area (Å²) in [6, 6.07) is 11.7. The van der Waals surface area contributed by atoms with Crippen LogP contribution in [0.5, 0.6) is 5.75 Å². The van der Waals surface area contributed by atoms with Crippen molar-refractivity contribution in [1.82, 2.24) is 4.72 Å². The molecule has 4 N–H and O–H groups in total. The van der Waals surface area contributed by atoms with Gasteiger partial charge in [-0.25, -0.2) is 8.42 Å². The van der Waals surface area contributed by atoms with Gasteiger partial charge < -0.3 is 20.3 Å². The van der Waals surface area contributed by atoms with Crippen LogP contribution in [0.4, 0.5) is 18.9 Å². The van der Waals surface area contributed by atoms with Gasteiger partial charge >= 0.3 is 6.36 Å². The molecule has 180 valence electrons. The highest BCUT2D eigenvalue weighted by molar-refractivity contribution is 7.88. The van der Waals surface area contributed by atoms with Crippen molar-refractivity contribution in [2.24, 2.45) is 0 Å². The summed E-state index contributed by atoms with van der Waals surface area (Å²) in [7, 11) is -3.71. The largest absolute Gasteiger partial charge is 0.573 e. The average Bonchev–Trinajstić information content (AvgIpc) is 2.86.